The number of benzene rings is 1. The molecular formula is C13H20ClNO3. The Balaban J connectivity index is 2.82. The number of nitrogens with one attached hydrogen (secondary N) is 1. The first-order valence-electron chi connectivity index (χ1n) is 5.90. The van der Waals surface area contributed by atoms with E-state index in [1.807, 2.05) is 13.0 Å². The highest BCUT2D eigenvalue weighted by molar-refractivity contribution is 6.31. The van der Waals surface area contributed by atoms with Crippen molar-refractivity contribution in [3.05, 3.63) is 22.7 Å². The Labute approximate surface area is 113 Å². The summed E-state index contributed by atoms with van der Waals surface area (Å²) in [5, 5.41) is 13.0. The first-order valence-corrected chi connectivity index (χ1v) is 6.28. The van der Waals surface area contributed by atoms with Gasteiger partial charge in [0.1, 0.15) is 0 Å². The molecule has 102 valence electrons. The Bertz CT molecular complexity index is 381. The van der Waals surface area contributed by atoms with E-state index < -0.39 is 0 Å². The smallest absolute Gasteiger partial charge is 0.162 e. The van der Waals surface area contributed by atoms with Gasteiger partial charge < -0.3 is 19.9 Å². The maximum absolute atomic E-state index is 9.12. The van der Waals surface area contributed by atoms with E-state index in [0.717, 1.165) is 12.0 Å². The monoisotopic (exact) mass is 273 g/mol. The van der Waals surface area contributed by atoms with Crippen LogP contribution in [0.15, 0.2) is 12.1 Å². The fourth-order valence-corrected chi connectivity index (χ4v) is 1.84. The predicted octanol–water partition coefficient (Wildman–Crippen LogP) is 2.22. The van der Waals surface area contributed by atoms with Crippen molar-refractivity contribution < 1.29 is 14.6 Å². The number of ether oxygens (including phenoxy) is 2. The SMILES string of the molecule is CCC(CO)NCc1cc(OC)c(OC)cc1Cl. The number of aliphatic hydroxyl groups is 1. The van der Waals surface area contributed by atoms with E-state index in [4.69, 9.17) is 26.2 Å². The molecule has 0 radical (unpaired) electrons. The zero-order chi connectivity index (χ0) is 13.5. The second-order valence-corrected chi connectivity index (χ2v) is 4.37. The van der Waals surface area contributed by atoms with Crippen LogP contribution in [0.2, 0.25) is 5.02 Å². The number of aliphatic hydroxyl groups excluding tert-OH is 1. The lowest BCUT2D eigenvalue weighted by atomic mass is 10.1. The first kappa shape index (κ1) is 15.1. The molecule has 1 aromatic rings. The van der Waals surface area contributed by atoms with Crippen LogP contribution < -0.4 is 14.8 Å². The number of methoxy groups -OCH3 is 2. The van der Waals surface area contributed by atoms with E-state index in [9.17, 15) is 0 Å². The molecule has 1 unspecified atom stereocenters. The molecule has 0 saturated carbocycles. The van der Waals surface area contributed by atoms with Gasteiger partial charge in [-0.25, -0.2) is 0 Å². The van der Waals surface area contributed by atoms with Crippen molar-refractivity contribution in [1.29, 1.82) is 0 Å². The molecule has 4 nitrogen and oxygen atoms in total. The minimum atomic E-state index is 0.0779. The average Bonchev–Trinajstić information content (AvgIpc) is 2.40. The minimum Gasteiger partial charge on any atom is -0.493 e. The van der Waals surface area contributed by atoms with Crippen LogP contribution in [-0.4, -0.2) is 32.0 Å². The van der Waals surface area contributed by atoms with E-state index in [1.54, 1.807) is 20.3 Å². The number of halogens is 1. The summed E-state index contributed by atoms with van der Waals surface area (Å²) in [4.78, 5) is 0. The summed E-state index contributed by atoms with van der Waals surface area (Å²) in [6.07, 6.45) is 0.863. The van der Waals surface area contributed by atoms with Crippen LogP contribution in [-0.2, 0) is 6.54 Å². The van der Waals surface area contributed by atoms with Gasteiger partial charge in [0.05, 0.1) is 20.8 Å². The van der Waals surface area contributed by atoms with Crippen molar-refractivity contribution in [3.63, 3.8) is 0 Å². The Morgan fingerprint density at radius 3 is 2.39 bits per heavy atom. The van der Waals surface area contributed by atoms with Crippen molar-refractivity contribution in [2.45, 2.75) is 25.9 Å². The van der Waals surface area contributed by atoms with Crippen molar-refractivity contribution >= 4 is 11.6 Å². The third kappa shape index (κ3) is 3.77. The number of hydrogen-bond acceptors (Lipinski definition) is 4. The zero-order valence-electron chi connectivity index (χ0n) is 11.0. The molecule has 2 N–H and O–H groups in total. The third-order valence-corrected chi connectivity index (χ3v) is 3.20. The summed E-state index contributed by atoms with van der Waals surface area (Å²) in [7, 11) is 3.16. The molecule has 1 atom stereocenters. The highest BCUT2D eigenvalue weighted by Crippen LogP contribution is 2.32. The normalized spacial score (nSPS) is 12.3. The molecule has 0 aromatic heterocycles. The van der Waals surface area contributed by atoms with Gasteiger partial charge in [-0.3, -0.25) is 0 Å². The molecule has 1 rings (SSSR count). The Morgan fingerprint density at radius 1 is 1.28 bits per heavy atom. The molecule has 0 aliphatic heterocycles. The van der Waals surface area contributed by atoms with Gasteiger partial charge in [-0.15, -0.1) is 0 Å². The van der Waals surface area contributed by atoms with Gasteiger partial charge >= 0.3 is 0 Å². The van der Waals surface area contributed by atoms with Gasteiger partial charge in [-0.05, 0) is 18.1 Å². The largest absolute Gasteiger partial charge is 0.493 e. The van der Waals surface area contributed by atoms with Crippen LogP contribution in [0.5, 0.6) is 11.5 Å². The molecule has 0 saturated heterocycles. The molecule has 0 fully saturated rings. The third-order valence-electron chi connectivity index (χ3n) is 2.85. The molecule has 0 heterocycles. The van der Waals surface area contributed by atoms with Gasteiger partial charge in [0.15, 0.2) is 11.5 Å². The van der Waals surface area contributed by atoms with E-state index in [1.165, 1.54) is 0 Å². The highest BCUT2D eigenvalue weighted by atomic mass is 35.5. The van der Waals surface area contributed by atoms with Crippen molar-refractivity contribution in [2.24, 2.45) is 0 Å². The minimum absolute atomic E-state index is 0.0779. The molecule has 0 bridgehead atoms. The first-order chi connectivity index (χ1) is 8.65. The van der Waals surface area contributed by atoms with Crippen LogP contribution >= 0.6 is 11.6 Å². The van der Waals surface area contributed by atoms with Crippen molar-refractivity contribution in [2.75, 3.05) is 20.8 Å². The van der Waals surface area contributed by atoms with Crippen molar-refractivity contribution in [3.8, 4) is 11.5 Å². The topological polar surface area (TPSA) is 50.7 Å². The van der Waals surface area contributed by atoms with E-state index in [-0.39, 0.29) is 12.6 Å². The fraction of sp³-hybridized carbons (Fsp3) is 0.538. The van der Waals surface area contributed by atoms with E-state index in [2.05, 4.69) is 5.32 Å². The molecule has 18 heavy (non-hydrogen) atoms. The molecule has 1 aromatic carbocycles. The van der Waals surface area contributed by atoms with Crippen molar-refractivity contribution in [1.82, 2.24) is 5.32 Å². The van der Waals surface area contributed by atoms with Crippen LogP contribution in [0.1, 0.15) is 18.9 Å². The number of hydrogen-bond donors (Lipinski definition) is 2. The van der Waals surface area contributed by atoms with Gasteiger partial charge in [0, 0.05) is 23.7 Å². The average molecular weight is 274 g/mol. The predicted molar refractivity (Wildman–Crippen MR) is 72.6 cm³/mol. The fourth-order valence-electron chi connectivity index (χ4n) is 1.62. The molecular weight excluding hydrogens is 254 g/mol. The second kappa shape index (κ2) is 7.46. The molecule has 0 aliphatic carbocycles. The Hall–Kier alpha value is -0.970. The summed E-state index contributed by atoms with van der Waals surface area (Å²) in [6.45, 7) is 2.71. The standard InChI is InChI=1S/C13H20ClNO3/c1-4-10(8-16)15-7-9-5-12(17-2)13(18-3)6-11(9)14/h5-6,10,15-16H,4,7-8H2,1-3H3. The maximum atomic E-state index is 9.12. The van der Waals surface area contributed by atoms with Crippen LogP contribution in [0.3, 0.4) is 0 Å². The zero-order valence-corrected chi connectivity index (χ0v) is 11.8. The van der Waals surface area contributed by atoms with Crippen LogP contribution in [0, 0.1) is 0 Å². The summed E-state index contributed by atoms with van der Waals surface area (Å²) >= 11 is 6.17. The summed E-state index contributed by atoms with van der Waals surface area (Å²) < 4.78 is 10.4. The molecule has 0 amide bonds. The quantitative estimate of drug-likeness (QED) is 0.800. The molecule has 0 aliphatic rings. The second-order valence-electron chi connectivity index (χ2n) is 3.97. The molecule has 0 spiro atoms. The maximum Gasteiger partial charge on any atom is 0.162 e. The van der Waals surface area contributed by atoms with Gasteiger partial charge in [-0.1, -0.05) is 18.5 Å². The lowest BCUT2D eigenvalue weighted by molar-refractivity contribution is 0.238. The lowest BCUT2D eigenvalue weighted by Gasteiger charge is -2.16. The molecule has 5 heteroatoms. The van der Waals surface area contributed by atoms with E-state index in [0.29, 0.717) is 23.1 Å². The Kier molecular flexibility index (Phi) is 6.25. The lowest BCUT2D eigenvalue weighted by Crippen LogP contribution is -2.31. The highest BCUT2D eigenvalue weighted by Gasteiger charge is 2.11. The van der Waals surface area contributed by atoms with Gasteiger partial charge in [0.25, 0.3) is 0 Å². The van der Waals surface area contributed by atoms with Crippen LogP contribution in [0.25, 0.3) is 0 Å². The summed E-state index contributed by atoms with van der Waals surface area (Å²) in [5.41, 5.74) is 0.918. The number of rotatable bonds is 7. The Morgan fingerprint density at radius 2 is 1.89 bits per heavy atom. The van der Waals surface area contributed by atoms with Crippen LogP contribution in [0.4, 0.5) is 0 Å². The van der Waals surface area contributed by atoms with E-state index >= 15 is 0 Å². The summed E-state index contributed by atoms with van der Waals surface area (Å²) in [6, 6.07) is 3.66. The van der Waals surface area contributed by atoms with Gasteiger partial charge in [0.2, 0.25) is 0 Å². The van der Waals surface area contributed by atoms with Gasteiger partial charge in [-0.2, -0.15) is 0 Å². The summed E-state index contributed by atoms with van der Waals surface area (Å²) in [5.74, 6) is 1.26.